The predicted octanol–water partition coefficient (Wildman–Crippen LogP) is 0.210. The molecule has 0 aromatic heterocycles. The molecule has 0 fully saturated rings. The van der Waals surface area contributed by atoms with Crippen LogP contribution in [-0.4, -0.2) is 34.9 Å². The summed E-state index contributed by atoms with van der Waals surface area (Å²) in [7, 11) is 0. The Morgan fingerprint density at radius 1 is 1.42 bits per heavy atom. The van der Waals surface area contributed by atoms with E-state index < -0.39 is 12.1 Å². The van der Waals surface area contributed by atoms with E-state index in [0.717, 1.165) is 12.8 Å². The number of hydrogen-bond donors (Lipinski definition) is 3. The second-order valence-electron chi connectivity index (χ2n) is 2.78. The molecule has 0 aromatic rings. The number of aliphatic hydroxyl groups excluding tert-OH is 1. The van der Waals surface area contributed by atoms with Crippen LogP contribution < -0.4 is 5.32 Å². The fourth-order valence-corrected chi connectivity index (χ4v) is 0.943. The van der Waals surface area contributed by atoms with Crippen LogP contribution in [0, 0.1) is 0 Å². The lowest BCUT2D eigenvalue weighted by atomic mass is 10.1. The first-order chi connectivity index (χ1) is 5.61. The van der Waals surface area contributed by atoms with Crippen LogP contribution in [0.2, 0.25) is 0 Å². The Hall–Kier alpha value is -0.610. The van der Waals surface area contributed by atoms with Gasteiger partial charge in [-0.15, -0.1) is 0 Å². The zero-order valence-electron chi connectivity index (χ0n) is 7.58. The van der Waals surface area contributed by atoms with Crippen molar-refractivity contribution in [3.05, 3.63) is 0 Å². The Balaban J connectivity index is 3.58. The summed E-state index contributed by atoms with van der Waals surface area (Å²) < 4.78 is 0. The lowest BCUT2D eigenvalue weighted by molar-refractivity contribution is -0.146. The molecule has 0 aliphatic rings. The van der Waals surface area contributed by atoms with E-state index in [2.05, 4.69) is 5.32 Å². The number of carbonyl (C=O) groups is 1. The number of aliphatic hydroxyl groups is 1. The summed E-state index contributed by atoms with van der Waals surface area (Å²) in [6.45, 7) is 4.17. The molecule has 0 saturated heterocycles. The van der Waals surface area contributed by atoms with E-state index in [1.54, 1.807) is 0 Å². The van der Waals surface area contributed by atoms with E-state index >= 15 is 0 Å². The van der Waals surface area contributed by atoms with Gasteiger partial charge in [-0.2, -0.15) is 0 Å². The second kappa shape index (κ2) is 5.97. The van der Waals surface area contributed by atoms with Gasteiger partial charge in [0.25, 0.3) is 0 Å². The van der Waals surface area contributed by atoms with Gasteiger partial charge in [0, 0.05) is 12.6 Å². The molecule has 0 bridgehead atoms. The minimum atomic E-state index is -1.29. The van der Waals surface area contributed by atoms with Crippen LogP contribution in [0.1, 0.15) is 26.7 Å². The number of rotatable bonds is 6. The van der Waals surface area contributed by atoms with Crippen molar-refractivity contribution in [3.63, 3.8) is 0 Å². The third-order valence-corrected chi connectivity index (χ3v) is 1.87. The van der Waals surface area contributed by atoms with E-state index in [4.69, 9.17) is 10.2 Å². The highest BCUT2D eigenvalue weighted by Crippen LogP contribution is 1.95. The van der Waals surface area contributed by atoms with E-state index in [1.807, 2.05) is 13.8 Å². The van der Waals surface area contributed by atoms with Crippen LogP contribution >= 0.6 is 0 Å². The highest BCUT2D eigenvalue weighted by molar-refractivity contribution is 5.72. The van der Waals surface area contributed by atoms with Gasteiger partial charge in [-0.3, -0.25) is 0 Å². The minimum absolute atomic E-state index is 0.127. The molecule has 0 aliphatic heterocycles. The second-order valence-corrected chi connectivity index (χ2v) is 2.78. The van der Waals surface area contributed by atoms with E-state index in [9.17, 15) is 4.79 Å². The van der Waals surface area contributed by atoms with Crippen molar-refractivity contribution in [2.45, 2.75) is 38.8 Å². The molecule has 0 aliphatic carbocycles. The molecule has 0 saturated carbocycles. The van der Waals surface area contributed by atoms with Gasteiger partial charge in [-0.25, -0.2) is 4.79 Å². The Labute approximate surface area is 72.6 Å². The van der Waals surface area contributed by atoms with Gasteiger partial charge in [-0.05, 0) is 12.8 Å². The van der Waals surface area contributed by atoms with Crippen LogP contribution in [-0.2, 0) is 4.79 Å². The first kappa shape index (κ1) is 11.4. The fourth-order valence-electron chi connectivity index (χ4n) is 0.943. The maximum atomic E-state index is 10.2. The molecule has 0 radical (unpaired) electrons. The highest BCUT2D eigenvalue weighted by Gasteiger charge is 2.13. The average molecular weight is 175 g/mol. The van der Waals surface area contributed by atoms with Crippen LogP contribution in [0.15, 0.2) is 0 Å². The first-order valence-electron chi connectivity index (χ1n) is 4.26. The molecule has 72 valence electrons. The van der Waals surface area contributed by atoms with Gasteiger partial charge in [0.15, 0.2) is 6.10 Å². The molecule has 1 unspecified atom stereocenters. The van der Waals surface area contributed by atoms with Crippen molar-refractivity contribution >= 4 is 5.97 Å². The van der Waals surface area contributed by atoms with Crippen molar-refractivity contribution in [2.24, 2.45) is 0 Å². The lowest BCUT2D eigenvalue weighted by Gasteiger charge is -2.15. The maximum Gasteiger partial charge on any atom is 0.333 e. The van der Waals surface area contributed by atoms with Crippen LogP contribution in [0.5, 0.6) is 0 Å². The van der Waals surface area contributed by atoms with Crippen molar-refractivity contribution in [1.29, 1.82) is 0 Å². The molecule has 4 nitrogen and oxygen atoms in total. The molecule has 0 rings (SSSR count). The van der Waals surface area contributed by atoms with E-state index in [1.165, 1.54) is 0 Å². The molecule has 0 amide bonds. The molecule has 0 aromatic carbocycles. The highest BCUT2D eigenvalue weighted by atomic mass is 16.4. The van der Waals surface area contributed by atoms with Crippen molar-refractivity contribution in [3.8, 4) is 0 Å². The summed E-state index contributed by atoms with van der Waals surface area (Å²) in [4.78, 5) is 10.2. The third-order valence-electron chi connectivity index (χ3n) is 1.87. The molecule has 12 heavy (non-hydrogen) atoms. The Morgan fingerprint density at radius 2 is 1.92 bits per heavy atom. The lowest BCUT2D eigenvalue weighted by Crippen LogP contribution is -2.38. The number of nitrogens with one attached hydrogen (secondary N) is 1. The molecular weight excluding hydrogens is 158 g/mol. The summed E-state index contributed by atoms with van der Waals surface area (Å²) in [6, 6.07) is 0.305. The maximum absolute atomic E-state index is 10.2. The standard InChI is InChI=1S/C8H17NO3/c1-3-6(4-2)9-5-7(10)8(11)12/h6-7,9-10H,3-5H2,1-2H3,(H,11,12). The summed E-state index contributed by atoms with van der Waals surface area (Å²) in [5.41, 5.74) is 0. The van der Waals surface area contributed by atoms with Gasteiger partial charge in [0.05, 0.1) is 0 Å². The molecule has 4 heteroatoms. The van der Waals surface area contributed by atoms with Crippen LogP contribution in [0.3, 0.4) is 0 Å². The summed E-state index contributed by atoms with van der Waals surface area (Å²) >= 11 is 0. The summed E-state index contributed by atoms with van der Waals surface area (Å²) in [5.74, 6) is -1.17. The smallest absolute Gasteiger partial charge is 0.333 e. The Bertz CT molecular complexity index is 134. The zero-order chi connectivity index (χ0) is 9.56. The average Bonchev–Trinajstić information content (AvgIpc) is 2.05. The summed E-state index contributed by atoms with van der Waals surface area (Å²) in [5, 5.41) is 20.2. The van der Waals surface area contributed by atoms with Crippen LogP contribution in [0.4, 0.5) is 0 Å². The largest absolute Gasteiger partial charge is 0.479 e. The van der Waals surface area contributed by atoms with Crippen molar-refractivity contribution < 1.29 is 15.0 Å². The number of carboxylic acids is 1. The van der Waals surface area contributed by atoms with Crippen molar-refractivity contribution in [2.75, 3.05) is 6.54 Å². The predicted molar refractivity (Wildman–Crippen MR) is 46.0 cm³/mol. The third kappa shape index (κ3) is 4.31. The topological polar surface area (TPSA) is 69.6 Å². The molecule has 0 spiro atoms. The molecular formula is C8H17NO3. The Morgan fingerprint density at radius 3 is 2.25 bits per heavy atom. The fraction of sp³-hybridized carbons (Fsp3) is 0.875. The van der Waals surface area contributed by atoms with Crippen molar-refractivity contribution in [1.82, 2.24) is 5.32 Å². The molecule has 3 N–H and O–H groups in total. The molecule has 1 atom stereocenters. The van der Waals surface area contributed by atoms with Gasteiger partial charge >= 0.3 is 5.97 Å². The van der Waals surface area contributed by atoms with Crippen LogP contribution in [0.25, 0.3) is 0 Å². The Kier molecular flexibility index (Phi) is 5.66. The van der Waals surface area contributed by atoms with E-state index in [0.29, 0.717) is 6.04 Å². The van der Waals surface area contributed by atoms with Gasteiger partial charge in [0.2, 0.25) is 0 Å². The number of aliphatic carboxylic acids is 1. The quantitative estimate of drug-likeness (QED) is 0.539. The summed E-state index contributed by atoms with van der Waals surface area (Å²) in [6.07, 6.45) is 0.608. The number of carboxylic acid groups (broad SMARTS) is 1. The van der Waals surface area contributed by atoms with Gasteiger partial charge < -0.3 is 15.5 Å². The number of hydrogen-bond acceptors (Lipinski definition) is 3. The normalized spacial score (nSPS) is 13.3. The SMILES string of the molecule is CCC(CC)NCC(O)C(=O)O. The van der Waals surface area contributed by atoms with Gasteiger partial charge in [0.1, 0.15) is 0 Å². The van der Waals surface area contributed by atoms with Gasteiger partial charge in [-0.1, -0.05) is 13.8 Å². The minimum Gasteiger partial charge on any atom is -0.479 e. The van der Waals surface area contributed by atoms with E-state index in [-0.39, 0.29) is 6.54 Å². The first-order valence-corrected chi connectivity index (χ1v) is 4.26. The monoisotopic (exact) mass is 175 g/mol. The molecule has 0 heterocycles. The zero-order valence-corrected chi connectivity index (χ0v) is 7.58.